The third-order valence-corrected chi connectivity index (χ3v) is 3.97. The fourth-order valence-corrected chi connectivity index (χ4v) is 2.74. The summed E-state index contributed by atoms with van der Waals surface area (Å²) in [6.45, 7) is 1.60. The van der Waals surface area contributed by atoms with Gasteiger partial charge < -0.3 is 5.73 Å². The Kier molecular flexibility index (Phi) is 3.26. The van der Waals surface area contributed by atoms with Gasteiger partial charge in [0.05, 0.1) is 11.9 Å². The van der Waals surface area contributed by atoms with Crippen molar-refractivity contribution in [2.45, 2.75) is 11.8 Å². The van der Waals surface area contributed by atoms with Crippen molar-refractivity contribution >= 4 is 21.6 Å². The molecular weight excluding hydrogens is 268 g/mol. The maximum absolute atomic E-state index is 12.1. The van der Waals surface area contributed by atoms with E-state index in [1.807, 2.05) is 0 Å². The molecule has 8 heteroatoms. The summed E-state index contributed by atoms with van der Waals surface area (Å²) in [6.07, 6.45) is 1.22. The number of aryl methyl sites for hydroxylation is 1. The monoisotopic (exact) mass is 280 g/mol. The lowest BCUT2D eigenvalue weighted by molar-refractivity contribution is 0.100. The Bertz CT molecular complexity index is 721. The molecule has 2 rings (SSSR count). The molecule has 100 valence electrons. The first-order valence-corrected chi connectivity index (χ1v) is 6.81. The second kappa shape index (κ2) is 4.73. The fraction of sp³-hybridized carbons (Fsp3) is 0.0909. The number of carbonyl (C=O) groups is 1. The zero-order chi connectivity index (χ0) is 14.0. The summed E-state index contributed by atoms with van der Waals surface area (Å²) >= 11 is 0. The van der Waals surface area contributed by atoms with Crippen molar-refractivity contribution in [3.8, 4) is 0 Å². The second-order valence-corrected chi connectivity index (χ2v) is 5.56. The number of nitrogens with two attached hydrogens (primary N) is 1. The Labute approximate surface area is 109 Å². The molecule has 4 N–H and O–H groups in total. The number of nitrogens with one attached hydrogen (secondary N) is 2. The smallest absolute Gasteiger partial charge is 0.265 e. The van der Waals surface area contributed by atoms with Gasteiger partial charge >= 0.3 is 0 Å². The van der Waals surface area contributed by atoms with E-state index in [4.69, 9.17) is 5.73 Å². The number of hydrogen-bond acceptors (Lipinski definition) is 4. The summed E-state index contributed by atoms with van der Waals surface area (Å²) in [5, 5.41) is 6.20. The predicted octanol–water partition coefficient (Wildman–Crippen LogP) is 0.618. The molecule has 0 saturated heterocycles. The predicted molar refractivity (Wildman–Crippen MR) is 69.1 cm³/mol. The topological polar surface area (TPSA) is 118 Å². The molecular formula is C11H12N4O3S. The number of benzene rings is 1. The first-order valence-electron chi connectivity index (χ1n) is 5.33. The van der Waals surface area contributed by atoms with Gasteiger partial charge in [-0.15, -0.1) is 0 Å². The molecule has 0 bridgehead atoms. The average Bonchev–Trinajstić information content (AvgIpc) is 2.76. The number of nitrogens with zero attached hydrogens (tertiary/aromatic N) is 1. The number of anilines is 1. The van der Waals surface area contributed by atoms with Crippen LogP contribution in [0.1, 0.15) is 16.1 Å². The fourth-order valence-electron chi connectivity index (χ4n) is 1.56. The molecule has 19 heavy (non-hydrogen) atoms. The van der Waals surface area contributed by atoms with Crippen LogP contribution in [0.5, 0.6) is 0 Å². The Morgan fingerprint density at radius 1 is 1.42 bits per heavy atom. The van der Waals surface area contributed by atoms with Gasteiger partial charge in [-0.3, -0.25) is 14.6 Å². The van der Waals surface area contributed by atoms with Gasteiger partial charge in [0.2, 0.25) is 5.91 Å². The number of primary amides is 1. The van der Waals surface area contributed by atoms with Crippen molar-refractivity contribution in [1.82, 2.24) is 10.2 Å². The molecule has 0 fully saturated rings. The number of aromatic nitrogens is 2. The molecule has 1 heterocycles. The van der Waals surface area contributed by atoms with Crippen molar-refractivity contribution < 1.29 is 13.2 Å². The second-order valence-electron chi connectivity index (χ2n) is 3.91. The van der Waals surface area contributed by atoms with E-state index in [1.165, 1.54) is 24.4 Å². The van der Waals surface area contributed by atoms with Gasteiger partial charge in [-0.25, -0.2) is 8.42 Å². The number of rotatable bonds is 4. The Balaban J connectivity index is 2.34. The third kappa shape index (κ3) is 2.74. The van der Waals surface area contributed by atoms with Crippen molar-refractivity contribution in [3.05, 3.63) is 41.7 Å². The summed E-state index contributed by atoms with van der Waals surface area (Å²) in [6, 6.07) is 5.94. The minimum atomic E-state index is -3.74. The number of aromatic amines is 1. The van der Waals surface area contributed by atoms with Crippen LogP contribution in [-0.2, 0) is 10.0 Å². The molecule has 1 aromatic heterocycles. The van der Waals surface area contributed by atoms with Crippen LogP contribution in [-0.4, -0.2) is 24.5 Å². The molecule has 0 aliphatic rings. The standard InChI is InChI=1S/C11H12N4O3S/c1-7-10(6-13-14-7)19(17,18)15-9-4-2-3-8(5-9)11(12)16/h2-6,15H,1H3,(H2,12,16)(H,13,14). The van der Waals surface area contributed by atoms with E-state index in [1.54, 1.807) is 13.0 Å². The third-order valence-electron chi connectivity index (χ3n) is 2.47. The summed E-state index contributed by atoms with van der Waals surface area (Å²) in [7, 11) is -3.74. The molecule has 0 radical (unpaired) electrons. The molecule has 0 aliphatic heterocycles. The normalized spacial score (nSPS) is 11.2. The quantitative estimate of drug-likeness (QED) is 0.760. The van der Waals surface area contributed by atoms with E-state index in [0.717, 1.165) is 0 Å². The Morgan fingerprint density at radius 3 is 2.74 bits per heavy atom. The van der Waals surface area contributed by atoms with Crippen molar-refractivity contribution in [2.75, 3.05) is 4.72 Å². The van der Waals surface area contributed by atoms with Crippen LogP contribution in [0.25, 0.3) is 0 Å². The van der Waals surface area contributed by atoms with Gasteiger partial charge in [0.25, 0.3) is 10.0 Å². The van der Waals surface area contributed by atoms with E-state index < -0.39 is 15.9 Å². The van der Waals surface area contributed by atoms with E-state index >= 15 is 0 Å². The number of amides is 1. The van der Waals surface area contributed by atoms with Crippen LogP contribution in [0.4, 0.5) is 5.69 Å². The lowest BCUT2D eigenvalue weighted by Crippen LogP contribution is -2.15. The maximum atomic E-state index is 12.1. The van der Waals surface area contributed by atoms with E-state index in [2.05, 4.69) is 14.9 Å². The van der Waals surface area contributed by atoms with Gasteiger partial charge in [-0.2, -0.15) is 5.10 Å². The van der Waals surface area contributed by atoms with Gasteiger partial charge in [0.1, 0.15) is 4.90 Å². The van der Waals surface area contributed by atoms with Crippen molar-refractivity contribution in [3.63, 3.8) is 0 Å². The maximum Gasteiger partial charge on any atom is 0.265 e. The number of sulfonamides is 1. The molecule has 7 nitrogen and oxygen atoms in total. The lowest BCUT2D eigenvalue weighted by atomic mass is 10.2. The summed E-state index contributed by atoms with van der Waals surface area (Å²) < 4.78 is 26.5. The average molecular weight is 280 g/mol. The Morgan fingerprint density at radius 2 is 2.16 bits per heavy atom. The molecule has 1 amide bonds. The van der Waals surface area contributed by atoms with E-state index in [-0.39, 0.29) is 16.1 Å². The zero-order valence-electron chi connectivity index (χ0n) is 10.0. The first-order chi connectivity index (χ1) is 8.90. The zero-order valence-corrected chi connectivity index (χ0v) is 10.9. The summed E-state index contributed by atoms with van der Waals surface area (Å²) in [4.78, 5) is 11.1. The van der Waals surface area contributed by atoms with Crippen molar-refractivity contribution in [1.29, 1.82) is 0 Å². The number of H-pyrrole nitrogens is 1. The summed E-state index contributed by atoms with van der Waals surface area (Å²) in [5.74, 6) is -0.625. The molecule has 0 atom stereocenters. The highest BCUT2D eigenvalue weighted by molar-refractivity contribution is 7.92. The minimum Gasteiger partial charge on any atom is -0.366 e. The van der Waals surface area contributed by atoms with Crippen molar-refractivity contribution in [2.24, 2.45) is 5.73 Å². The van der Waals surface area contributed by atoms with Crippen LogP contribution in [0.3, 0.4) is 0 Å². The molecule has 0 unspecified atom stereocenters. The molecule has 2 aromatic rings. The van der Waals surface area contributed by atoms with Gasteiger partial charge in [0.15, 0.2) is 0 Å². The highest BCUT2D eigenvalue weighted by atomic mass is 32.2. The van der Waals surface area contributed by atoms with Crippen LogP contribution in [0.15, 0.2) is 35.4 Å². The van der Waals surface area contributed by atoms with Gasteiger partial charge in [-0.1, -0.05) is 6.07 Å². The largest absolute Gasteiger partial charge is 0.366 e. The van der Waals surface area contributed by atoms with Crippen LogP contribution >= 0.6 is 0 Å². The number of hydrogen-bond donors (Lipinski definition) is 3. The van der Waals surface area contributed by atoms with E-state index in [0.29, 0.717) is 5.69 Å². The highest BCUT2D eigenvalue weighted by Crippen LogP contribution is 2.18. The molecule has 1 aromatic carbocycles. The Hall–Kier alpha value is -2.35. The minimum absolute atomic E-state index is 0.0528. The molecule has 0 spiro atoms. The molecule has 0 aliphatic carbocycles. The van der Waals surface area contributed by atoms with Crippen LogP contribution < -0.4 is 10.5 Å². The van der Waals surface area contributed by atoms with E-state index in [9.17, 15) is 13.2 Å². The summed E-state index contributed by atoms with van der Waals surface area (Å²) in [5.41, 5.74) is 6.05. The number of carbonyl (C=O) groups excluding carboxylic acids is 1. The van der Waals surface area contributed by atoms with Crippen LogP contribution in [0, 0.1) is 6.92 Å². The SMILES string of the molecule is Cc1[nH]ncc1S(=O)(=O)Nc1cccc(C(N)=O)c1. The lowest BCUT2D eigenvalue weighted by Gasteiger charge is -2.07. The van der Waals surface area contributed by atoms with Gasteiger partial charge in [-0.05, 0) is 25.1 Å². The highest BCUT2D eigenvalue weighted by Gasteiger charge is 2.18. The van der Waals surface area contributed by atoms with Crippen LogP contribution in [0.2, 0.25) is 0 Å². The molecule has 0 saturated carbocycles. The first kappa shape index (κ1) is 13.1. The van der Waals surface area contributed by atoms with Gasteiger partial charge in [0, 0.05) is 11.3 Å².